The molecule has 0 radical (unpaired) electrons. The van der Waals surface area contributed by atoms with Crippen LogP contribution in [0.4, 0.5) is 4.79 Å². The Kier molecular flexibility index (Phi) is 4.66. The summed E-state index contributed by atoms with van der Waals surface area (Å²) >= 11 is 0. The molecule has 0 spiro atoms. The fraction of sp³-hybridized carbons (Fsp3) is 0.923. The average Bonchev–Trinajstić information content (AvgIpc) is 2.83. The molecule has 1 saturated carbocycles. The average molecular weight is 239 g/mol. The van der Waals surface area contributed by atoms with Gasteiger partial charge in [-0.3, -0.25) is 0 Å². The van der Waals surface area contributed by atoms with Gasteiger partial charge in [-0.2, -0.15) is 0 Å². The number of carbonyl (C=O) groups excluding carboxylic acids is 1. The number of piperidine rings is 1. The van der Waals surface area contributed by atoms with E-state index in [0.29, 0.717) is 6.04 Å². The van der Waals surface area contributed by atoms with Crippen LogP contribution in [0, 0.1) is 5.92 Å². The monoisotopic (exact) mass is 239 g/mol. The molecule has 0 unspecified atom stereocenters. The number of carbonyl (C=O) groups is 1. The van der Waals surface area contributed by atoms with Gasteiger partial charge < -0.3 is 16.0 Å². The highest BCUT2D eigenvalue weighted by Crippen LogP contribution is 2.21. The molecule has 98 valence electrons. The van der Waals surface area contributed by atoms with Crippen molar-refractivity contribution in [3.8, 4) is 0 Å². The summed E-state index contributed by atoms with van der Waals surface area (Å²) in [5.41, 5.74) is 5.57. The molecule has 1 aliphatic carbocycles. The van der Waals surface area contributed by atoms with Crippen molar-refractivity contribution in [1.82, 2.24) is 10.2 Å². The van der Waals surface area contributed by atoms with Crippen LogP contribution in [0.2, 0.25) is 0 Å². The lowest BCUT2D eigenvalue weighted by Crippen LogP contribution is -2.47. The third-order valence-corrected chi connectivity index (χ3v) is 4.16. The molecule has 1 saturated heterocycles. The highest BCUT2D eigenvalue weighted by molar-refractivity contribution is 5.74. The zero-order valence-corrected chi connectivity index (χ0v) is 10.7. The number of rotatable bonds is 3. The summed E-state index contributed by atoms with van der Waals surface area (Å²) in [4.78, 5) is 14.0. The molecule has 4 heteroatoms. The zero-order chi connectivity index (χ0) is 12.1. The lowest BCUT2D eigenvalue weighted by molar-refractivity contribution is 0.165. The van der Waals surface area contributed by atoms with E-state index < -0.39 is 0 Å². The van der Waals surface area contributed by atoms with Gasteiger partial charge in [0.05, 0.1) is 0 Å². The minimum Gasteiger partial charge on any atom is -0.335 e. The standard InChI is InChI=1S/C13H25N3O/c14-8-5-11-6-9-16(10-7-11)13(17)15-12-3-1-2-4-12/h11-12H,1-10,14H2,(H,15,17). The lowest BCUT2D eigenvalue weighted by atomic mass is 9.94. The van der Waals surface area contributed by atoms with Crippen molar-refractivity contribution in [3.05, 3.63) is 0 Å². The molecule has 17 heavy (non-hydrogen) atoms. The fourth-order valence-corrected chi connectivity index (χ4v) is 3.00. The summed E-state index contributed by atoms with van der Waals surface area (Å²) < 4.78 is 0. The van der Waals surface area contributed by atoms with E-state index in [-0.39, 0.29) is 6.03 Å². The fourth-order valence-electron chi connectivity index (χ4n) is 3.00. The van der Waals surface area contributed by atoms with Crippen molar-refractivity contribution in [1.29, 1.82) is 0 Å². The van der Waals surface area contributed by atoms with Crippen molar-refractivity contribution < 1.29 is 4.79 Å². The summed E-state index contributed by atoms with van der Waals surface area (Å²) in [6.07, 6.45) is 8.21. The molecule has 0 bridgehead atoms. The molecule has 2 fully saturated rings. The predicted molar refractivity (Wildman–Crippen MR) is 68.8 cm³/mol. The van der Waals surface area contributed by atoms with E-state index in [1.54, 1.807) is 0 Å². The van der Waals surface area contributed by atoms with E-state index in [1.807, 2.05) is 4.90 Å². The third kappa shape index (κ3) is 3.60. The first kappa shape index (κ1) is 12.7. The molecule has 0 atom stereocenters. The number of nitrogens with one attached hydrogen (secondary N) is 1. The summed E-state index contributed by atoms with van der Waals surface area (Å²) in [5, 5.41) is 3.16. The second-order valence-corrected chi connectivity index (χ2v) is 5.44. The van der Waals surface area contributed by atoms with Crippen molar-refractivity contribution in [3.63, 3.8) is 0 Å². The first-order valence-electron chi connectivity index (χ1n) is 7.05. The molecular formula is C13H25N3O. The maximum atomic E-state index is 12.0. The SMILES string of the molecule is NCCC1CCN(C(=O)NC2CCCC2)CC1. The van der Waals surface area contributed by atoms with Crippen LogP contribution in [0.1, 0.15) is 44.9 Å². The van der Waals surface area contributed by atoms with Crippen LogP contribution in [-0.4, -0.2) is 36.6 Å². The minimum absolute atomic E-state index is 0.156. The second-order valence-electron chi connectivity index (χ2n) is 5.44. The molecule has 0 aromatic carbocycles. The Hall–Kier alpha value is -0.770. The van der Waals surface area contributed by atoms with Crippen molar-refractivity contribution in [2.45, 2.75) is 51.0 Å². The van der Waals surface area contributed by atoms with Crippen LogP contribution >= 0.6 is 0 Å². The summed E-state index contributed by atoms with van der Waals surface area (Å²) in [6.45, 7) is 2.59. The van der Waals surface area contributed by atoms with E-state index in [4.69, 9.17) is 5.73 Å². The summed E-state index contributed by atoms with van der Waals surface area (Å²) in [7, 11) is 0. The number of likely N-dealkylation sites (tertiary alicyclic amines) is 1. The van der Waals surface area contributed by atoms with E-state index >= 15 is 0 Å². The van der Waals surface area contributed by atoms with E-state index in [1.165, 1.54) is 12.8 Å². The van der Waals surface area contributed by atoms with E-state index in [0.717, 1.165) is 57.7 Å². The number of nitrogens with two attached hydrogens (primary N) is 1. The van der Waals surface area contributed by atoms with Gasteiger partial charge in [-0.15, -0.1) is 0 Å². The van der Waals surface area contributed by atoms with Crippen LogP contribution in [-0.2, 0) is 0 Å². The normalized spacial score (nSPS) is 23.0. The molecule has 1 aliphatic heterocycles. The quantitative estimate of drug-likeness (QED) is 0.787. The second kappa shape index (κ2) is 6.24. The first-order valence-corrected chi connectivity index (χ1v) is 7.05. The van der Waals surface area contributed by atoms with Crippen LogP contribution in [0.3, 0.4) is 0 Å². The third-order valence-electron chi connectivity index (χ3n) is 4.16. The van der Waals surface area contributed by atoms with Gasteiger partial charge in [0.2, 0.25) is 0 Å². The molecule has 1 heterocycles. The van der Waals surface area contributed by atoms with Gasteiger partial charge in [0, 0.05) is 19.1 Å². The van der Waals surface area contributed by atoms with Gasteiger partial charge in [0.1, 0.15) is 0 Å². The Balaban J connectivity index is 1.70. The number of urea groups is 1. The number of nitrogens with zero attached hydrogens (tertiary/aromatic N) is 1. The summed E-state index contributed by atoms with van der Waals surface area (Å²) in [5.74, 6) is 0.732. The molecule has 0 aromatic rings. The predicted octanol–water partition coefficient (Wildman–Crippen LogP) is 1.70. The topological polar surface area (TPSA) is 58.4 Å². The van der Waals surface area contributed by atoms with Gasteiger partial charge in [-0.25, -0.2) is 4.79 Å². The first-order chi connectivity index (χ1) is 8.29. The Bertz CT molecular complexity index is 243. The maximum absolute atomic E-state index is 12.0. The Morgan fingerprint density at radius 1 is 1.18 bits per heavy atom. The Morgan fingerprint density at radius 3 is 2.41 bits per heavy atom. The smallest absolute Gasteiger partial charge is 0.317 e. The van der Waals surface area contributed by atoms with Gasteiger partial charge in [-0.05, 0) is 44.6 Å². The van der Waals surface area contributed by atoms with Crippen LogP contribution in [0.5, 0.6) is 0 Å². The number of amides is 2. The highest BCUT2D eigenvalue weighted by Gasteiger charge is 2.24. The van der Waals surface area contributed by atoms with E-state index in [9.17, 15) is 4.79 Å². The lowest BCUT2D eigenvalue weighted by Gasteiger charge is -2.32. The Morgan fingerprint density at radius 2 is 1.82 bits per heavy atom. The van der Waals surface area contributed by atoms with Crippen LogP contribution < -0.4 is 11.1 Å². The van der Waals surface area contributed by atoms with E-state index in [2.05, 4.69) is 5.32 Å². The molecule has 3 N–H and O–H groups in total. The van der Waals surface area contributed by atoms with Crippen molar-refractivity contribution in [2.75, 3.05) is 19.6 Å². The van der Waals surface area contributed by atoms with Gasteiger partial charge in [0.15, 0.2) is 0 Å². The molecular weight excluding hydrogens is 214 g/mol. The minimum atomic E-state index is 0.156. The molecule has 4 nitrogen and oxygen atoms in total. The summed E-state index contributed by atoms with van der Waals surface area (Å²) in [6, 6.07) is 0.590. The van der Waals surface area contributed by atoms with Gasteiger partial charge in [0.25, 0.3) is 0 Å². The van der Waals surface area contributed by atoms with Crippen LogP contribution in [0.25, 0.3) is 0 Å². The highest BCUT2D eigenvalue weighted by atomic mass is 16.2. The number of hydrogen-bond acceptors (Lipinski definition) is 2. The molecule has 2 aliphatic rings. The maximum Gasteiger partial charge on any atom is 0.317 e. The van der Waals surface area contributed by atoms with Crippen molar-refractivity contribution in [2.24, 2.45) is 11.7 Å². The molecule has 0 aromatic heterocycles. The van der Waals surface area contributed by atoms with Gasteiger partial charge >= 0.3 is 6.03 Å². The zero-order valence-electron chi connectivity index (χ0n) is 10.7. The largest absolute Gasteiger partial charge is 0.335 e. The van der Waals surface area contributed by atoms with Crippen molar-refractivity contribution >= 4 is 6.03 Å². The van der Waals surface area contributed by atoms with Gasteiger partial charge in [-0.1, -0.05) is 12.8 Å². The number of hydrogen-bond donors (Lipinski definition) is 2. The van der Waals surface area contributed by atoms with Crippen LogP contribution in [0.15, 0.2) is 0 Å². The molecule has 2 rings (SSSR count). The molecule has 2 amide bonds. The Labute approximate surface area is 104 Å².